The molecule has 0 spiro atoms. The first-order chi connectivity index (χ1) is 9.92. The Balaban J connectivity index is 2.30. The zero-order valence-corrected chi connectivity index (χ0v) is 13.6. The second kappa shape index (κ2) is 6.18. The largest absolute Gasteiger partial charge is 0.507 e. The predicted octanol–water partition coefficient (Wildman–Crippen LogP) is 4.03. The number of nitrogens with one attached hydrogen (secondary N) is 1. The van der Waals surface area contributed by atoms with Gasteiger partial charge in [0.1, 0.15) is 11.5 Å². The van der Waals surface area contributed by atoms with E-state index in [4.69, 9.17) is 4.74 Å². The Morgan fingerprint density at radius 2 is 1.81 bits per heavy atom. The molecule has 0 saturated heterocycles. The molecule has 0 heterocycles. The number of halogens is 1. The third kappa shape index (κ3) is 3.36. The minimum Gasteiger partial charge on any atom is -0.507 e. The van der Waals surface area contributed by atoms with E-state index in [0.29, 0.717) is 5.75 Å². The van der Waals surface area contributed by atoms with Crippen LogP contribution < -0.4 is 10.1 Å². The van der Waals surface area contributed by atoms with Gasteiger partial charge in [0.05, 0.1) is 12.7 Å². The van der Waals surface area contributed by atoms with Gasteiger partial charge in [-0.25, -0.2) is 0 Å². The van der Waals surface area contributed by atoms with Crippen molar-refractivity contribution >= 4 is 27.5 Å². The van der Waals surface area contributed by atoms with Gasteiger partial charge in [0, 0.05) is 16.2 Å². The molecular weight excluding hydrogens is 334 g/mol. The average Bonchev–Trinajstić information content (AvgIpc) is 2.42. The van der Waals surface area contributed by atoms with Crippen molar-refractivity contribution in [3.05, 3.63) is 51.5 Å². The van der Waals surface area contributed by atoms with Crippen LogP contribution in [0.3, 0.4) is 0 Å². The van der Waals surface area contributed by atoms with Crippen LogP contribution in [-0.2, 0) is 0 Å². The molecule has 21 heavy (non-hydrogen) atoms. The van der Waals surface area contributed by atoms with E-state index in [-0.39, 0.29) is 17.2 Å². The van der Waals surface area contributed by atoms with Crippen molar-refractivity contribution in [3.8, 4) is 11.5 Å². The molecule has 0 aliphatic carbocycles. The van der Waals surface area contributed by atoms with Crippen molar-refractivity contribution in [1.82, 2.24) is 0 Å². The van der Waals surface area contributed by atoms with Crippen molar-refractivity contribution in [2.75, 3.05) is 12.4 Å². The number of amides is 1. The van der Waals surface area contributed by atoms with E-state index < -0.39 is 0 Å². The quantitative estimate of drug-likeness (QED) is 0.879. The highest BCUT2D eigenvalue weighted by Gasteiger charge is 2.14. The number of ether oxygens (including phenoxy) is 1. The molecule has 0 aliphatic rings. The lowest BCUT2D eigenvalue weighted by Crippen LogP contribution is -2.14. The van der Waals surface area contributed by atoms with Crippen molar-refractivity contribution in [3.63, 3.8) is 0 Å². The molecule has 5 heteroatoms. The maximum Gasteiger partial charge on any atom is 0.259 e. The third-order valence-corrected chi connectivity index (χ3v) is 3.64. The summed E-state index contributed by atoms with van der Waals surface area (Å²) < 4.78 is 5.96. The van der Waals surface area contributed by atoms with Crippen molar-refractivity contribution < 1.29 is 14.6 Å². The fraction of sp³-hybridized carbons (Fsp3) is 0.188. The Hall–Kier alpha value is -2.01. The number of aryl methyl sites for hydroxylation is 2. The fourth-order valence-corrected chi connectivity index (χ4v) is 2.81. The van der Waals surface area contributed by atoms with Crippen LogP contribution in [0, 0.1) is 13.8 Å². The molecule has 0 aromatic heterocycles. The zero-order chi connectivity index (χ0) is 15.6. The van der Waals surface area contributed by atoms with E-state index in [1.54, 1.807) is 6.07 Å². The van der Waals surface area contributed by atoms with E-state index in [1.165, 1.54) is 19.2 Å². The van der Waals surface area contributed by atoms with Gasteiger partial charge in [-0.05, 0) is 49.2 Å². The SMILES string of the molecule is COc1ccc(C(=O)Nc2c(C)cc(Br)cc2C)c(O)c1. The van der Waals surface area contributed by atoms with Gasteiger partial charge in [-0.15, -0.1) is 0 Å². The number of methoxy groups -OCH3 is 1. The summed E-state index contributed by atoms with van der Waals surface area (Å²) in [5.41, 5.74) is 2.85. The monoisotopic (exact) mass is 349 g/mol. The first kappa shape index (κ1) is 15.4. The molecule has 2 rings (SSSR count). The summed E-state index contributed by atoms with van der Waals surface area (Å²) in [5, 5.41) is 12.7. The van der Waals surface area contributed by atoms with E-state index in [1.807, 2.05) is 26.0 Å². The molecule has 1 amide bonds. The molecule has 2 aromatic rings. The standard InChI is InChI=1S/C16H16BrNO3/c1-9-6-11(17)7-10(2)15(9)18-16(20)13-5-4-12(21-3)8-14(13)19/h4-8,19H,1-3H3,(H,18,20). The van der Waals surface area contributed by atoms with Crippen LogP contribution in [0.5, 0.6) is 11.5 Å². The molecule has 0 unspecified atom stereocenters. The summed E-state index contributed by atoms with van der Waals surface area (Å²) >= 11 is 3.42. The molecule has 4 nitrogen and oxygen atoms in total. The van der Waals surface area contributed by atoms with Crippen LogP contribution in [0.2, 0.25) is 0 Å². The summed E-state index contributed by atoms with van der Waals surface area (Å²) in [4.78, 5) is 12.3. The summed E-state index contributed by atoms with van der Waals surface area (Å²) in [6.07, 6.45) is 0. The number of phenolic OH excluding ortho intramolecular Hbond substituents is 1. The van der Waals surface area contributed by atoms with Crippen molar-refractivity contribution in [2.24, 2.45) is 0 Å². The number of carbonyl (C=O) groups is 1. The highest BCUT2D eigenvalue weighted by Crippen LogP contribution is 2.28. The number of carbonyl (C=O) groups excluding carboxylic acids is 1. The van der Waals surface area contributed by atoms with Crippen LogP contribution in [-0.4, -0.2) is 18.1 Å². The van der Waals surface area contributed by atoms with Gasteiger partial charge < -0.3 is 15.2 Å². The summed E-state index contributed by atoms with van der Waals surface area (Å²) in [5.74, 6) is 0.0306. The second-order valence-electron chi connectivity index (χ2n) is 4.75. The van der Waals surface area contributed by atoms with Gasteiger partial charge in [-0.2, -0.15) is 0 Å². The van der Waals surface area contributed by atoms with E-state index in [9.17, 15) is 9.90 Å². The molecule has 0 radical (unpaired) electrons. The molecule has 0 atom stereocenters. The average molecular weight is 350 g/mol. The lowest BCUT2D eigenvalue weighted by molar-refractivity contribution is 0.102. The van der Waals surface area contributed by atoms with E-state index in [0.717, 1.165) is 21.3 Å². The smallest absolute Gasteiger partial charge is 0.259 e. The Morgan fingerprint density at radius 3 is 2.33 bits per heavy atom. The van der Waals surface area contributed by atoms with Gasteiger partial charge in [0.15, 0.2) is 0 Å². The predicted molar refractivity (Wildman–Crippen MR) is 86.2 cm³/mol. The molecule has 0 bridgehead atoms. The number of aromatic hydroxyl groups is 1. The van der Waals surface area contributed by atoms with Crippen LogP contribution >= 0.6 is 15.9 Å². The van der Waals surface area contributed by atoms with Crippen molar-refractivity contribution in [1.29, 1.82) is 0 Å². The zero-order valence-electron chi connectivity index (χ0n) is 12.0. The number of benzene rings is 2. The lowest BCUT2D eigenvalue weighted by atomic mass is 10.1. The summed E-state index contributed by atoms with van der Waals surface area (Å²) in [6.45, 7) is 3.84. The maximum absolute atomic E-state index is 12.3. The maximum atomic E-state index is 12.3. The number of hydrogen-bond donors (Lipinski definition) is 2. The highest BCUT2D eigenvalue weighted by atomic mass is 79.9. The van der Waals surface area contributed by atoms with Crippen molar-refractivity contribution in [2.45, 2.75) is 13.8 Å². The van der Waals surface area contributed by atoms with Gasteiger partial charge in [-0.1, -0.05) is 15.9 Å². The molecule has 0 aliphatic heterocycles. The topological polar surface area (TPSA) is 58.6 Å². The molecule has 2 aromatic carbocycles. The number of rotatable bonds is 3. The minimum absolute atomic E-state index is 0.112. The molecular formula is C16H16BrNO3. The number of anilines is 1. The normalized spacial score (nSPS) is 10.3. The van der Waals surface area contributed by atoms with Gasteiger partial charge >= 0.3 is 0 Å². The number of hydrogen-bond acceptors (Lipinski definition) is 3. The van der Waals surface area contributed by atoms with Crippen LogP contribution in [0.25, 0.3) is 0 Å². The third-order valence-electron chi connectivity index (χ3n) is 3.19. The van der Waals surface area contributed by atoms with Gasteiger partial charge in [0.25, 0.3) is 5.91 Å². The Bertz CT molecular complexity index is 675. The highest BCUT2D eigenvalue weighted by molar-refractivity contribution is 9.10. The molecule has 2 N–H and O–H groups in total. The van der Waals surface area contributed by atoms with E-state index in [2.05, 4.69) is 21.2 Å². The minimum atomic E-state index is -0.358. The first-order valence-corrected chi connectivity index (χ1v) is 7.16. The fourth-order valence-electron chi connectivity index (χ4n) is 2.12. The van der Waals surface area contributed by atoms with Crippen LogP contribution in [0.1, 0.15) is 21.5 Å². The molecule has 0 saturated carbocycles. The summed E-state index contributed by atoms with van der Waals surface area (Å²) in [7, 11) is 1.50. The summed E-state index contributed by atoms with van der Waals surface area (Å²) in [6, 6.07) is 8.44. The van der Waals surface area contributed by atoms with Crippen LogP contribution in [0.15, 0.2) is 34.8 Å². The second-order valence-corrected chi connectivity index (χ2v) is 5.67. The van der Waals surface area contributed by atoms with Crippen LogP contribution in [0.4, 0.5) is 5.69 Å². The van der Waals surface area contributed by atoms with E-state index >= 15 is 0 Å². The Kier molecular flexibility index (Phi) is 4.53. The molecule has 0 fully saturated rings. The van der Waals surface area contributed by atoms with Gasteiger partial charge in [0.2, 0.25) is 0 Å². The van der Waals surface area contributed by atoms with Gasteiger partial charge in [-0.3, -0.25) is 4.79 Å². The lowest BCUT2D eigenvalue weighted by Gasteiger charge is -2.13. The Morgan fingerprint density at radius 1 is 1.19 bits per heavy atom. The molecule has 110 valence electrons. The number of phenols is 1. The first-order valence-electron chi connectivity index (χ1n) is 6.37. The Labute approximate surface area is 131 Å².